The highest BCUT2D eigenvalue weighted by atomic mass is 16.1. The Bertz CT molecular complexity index is 358. The average Bonchev–Trinajstić information content (AvgIpc) is 2.56. The van der Waals surface area contributed by atoms with Gasteiger partial charge < -0.3 is 5.32 Å². The second-order valence-corrected chi connectivity index (χ2v) is 3.88. The Morgan fingerprint density at radius 2 is 2.07 bits per heavy atom. The van der Waals surface area contributed by atoms with Crippen LogP contribution in [0.2, 0.25) is 0 Å². The van der Waals surface area contributed by atoms with Crippen molar-refractivity contribution in [2.75, 3.05) is 7.05 Å². The summed E-state index contributed by atoms with van der Waals surface area (Å²) in [6.07, 6.45) is 0. The van der Waals surface area contributed by atoms with E-state index in [-0.39, 0.29) is 17.7 Å². The van der Waals surface area contributed by atoms with E-state index in [0.29, 0.717) is 0 Å². The SMILES string of the molecule is CNC(=O)C(C)C(C)c1nnn(C)c1C. The number of nitrogens with zero attached hydrogens (tertiary/aromatic N) is 3. The summed E-state index contributed by atoms with van der Waals surface area (Å²) < 4.78 is 1.72. The van der Waals surface area contributed by atoms with E-state index in [1.54, 1.807) is 11.7 Å². The number of hydrogen-bond acceptors (Lipinski definition) is 3. The lowest BCUT2D eigenvalue weighted by atomic mass is 9.91. The zero-order valence-electron chi connectivity index (χ0n) is 9.90. The van der Waals surface area contributed by atoms with Gasteiger partial charge in [0.15, 0.2) is 0 Å². The second-order valence-electron chi connectivity index (χ2n) is 3.88. The molecule has 1 rings (SSSR count). The lowest BCUT2D eigenvalue weighted by Gasteiger charge is -2.16. The number of hydrogen-bond donors (Lipinski definition) is 1. The Labute approximate surface area is 89.9 Å². The third-order valence-electron chi connectivity index (χ3n) is 2.98. The summed E-state index contributed by atoms with van der Waals surface area (Å²) in [6.45, 7) is 5.86. The molecule has 0 radical (unpaired) electrons. The maximum absolute atomic E-state index is 11.5. The largest absolute Gasteiger partial charge is 0.359 e. The number of rotatable bonds is 3. The van der Waals surface area contributed by atoms with E-state index >= 15 is 0 Å². The van der Waals surface area contributed by atoms with Crippen LogP contribution < -0.4 is 5.32 Å². The molecule has 0 aliphatic rings. The summed E-state index contributed by atoms with van der Waals surface area (Å²) in [7, 11) is 3.50. The predicted molar refractivity (Wildman–Crippen MR) is 57.4 cm³/mol. The van der Waals surface area contributed by atoms with E-state index < -0.39 is 0 Å². The normalized spacial score (nSPS) is 14.7. The zero-order valence-corrected chi connectivity index (χ0v) is 9.90. The molecule has 5 heteroatoms. The average molecular weight is 210 g/mol. The molecule has 84 valence electrons. The van der Waals surface area contributed by atoms with Gasteiger partial charge in [0, 0.05) is 25.9 Å². The second kappa shape index (κ2) is 4.42. The molecule has 2 atom stereocenters. The van der Waals surface area contributed by atoms with Gasteiger partial charge in [0.25, 0.3) is 0 Å². The van der Waals surface area contributed by atoms with Gasteiger partial charge in [0.1, 0.15) is 0 Å². The van der Waals surface area contributed by atoms with Crippen LogP contribution in [0.15, 0.2) is 0 Å². The van der Waals surface area contributed by atoms with Gasteiger partial charge in [-0.05, 0) is 6.92 Å². The lowest BCUT2D eigenvalue weighted by Crippen LogP contribution is -2.29. The number of carbonyl (C=O) groups excluding carboxylic acids is 1. The summed E-state index contributed by atoms with van der Waals surface area (Å²) in [5.41, 5.74) is 1.91. The first-order chi connectivity index (χ1) is 6.99. The number of carbonyl (C=O) groups is 1. The minimum atomic E-state index is -0.0922. The van der Waals surface area contributed by atoms with Crippen molar-refractivity contribution >= 4 is 5.91 Å². The molecule has 0 aliphatic heterocycles. The van der Waals surface area contributed by atoms with Crippen molar-refractivity contribution in [2.24, 2.45) is 13.0 Å². The number of nitrogens with one attached hydrogen (secondary N) is 1. The van der Waals surface area contributed by atoms with Crippen molar-refractivity contribution in [2.45, 2.75) is 26.7 Å². The first kappa shape index (κ1) is 11.7. The maximum atomic E-state index is 11.5. The van der Waals surface area contributed by atoms with E-state index in [1.807, 2.05) is 27.8 Å². The molecule has 0 spiro atoms. The topological polar surface area (TPSA) is 59.8 Å². The smallest absolute Gasteiger partial charge is 0.223 e. The molecule has 15 heavy (non-hydrogen) atoms. The minimum absolute atomic E-state index is 0.0348. The molecule has 5 nitrogen and oxygen atoms in total. The van der Waals surface area contributed by atoms with Crippen LogP contribution >= 0.6 is 0 Å². The summed E-state index contributed by atoms with van der Waals surface area (Å²) in [5.74, 6) is 0.0246. The monoisotopic (exact) mass is 210 g/mol. The molecule has 1 N–H and O–H groups in total. The van der Waals surface area contributed by atoms with Crippen molar-refractivity contribution in [3.63, 3.8) is 0 Å². The first-order valence-corrected chi connectivity index (χ1v) is 5.06. The molecule has 2 unspecified atom stereocenters. The van der Waals surface area contributed by atoms with Crippen LogP contribution in [0.25, 0.3) is 0 Å². The van der Waals surface area contributed by atoms with E-state index in [0.717, 1.165) is 11.4 Å². The number of aromatic nitrogens is 3. The van der Waals surface area contributed by atoms with Gasteiger partial charge in [-0.25, -0.2) is 0 Å². The van der Waals surface area contributed by atoms with Crippen LogP contribution in [0.3, 0.4) is 0 Å². The minimum Gasteiger partial charge on any atom is -0.359 e. The van der Waals surface area contributed by atoms with E-state index in [4.69, 9.17) is 0 Å². The van der Waals surface area contributed by atoms with Crippen LogP contribution in [0.5, 0.6) is 0 Å². The predicted octanol–water partition coefficient (Wildman–Crippen LogP) is 0.609. The van der Waals surface area contributed by atoms with Gasteiger partial charge >= 0.3 is 0 Å². The summed E-state index contributed by atoms with van der Waals surface area (Å²) >= 11 is 0. The van der Waals surface area contributed by atoms with Gasteiger partial charge in [0.2, 0.25) is 5.91 Å². The molecule has 0 aliphatic carbocycles. The Hall–Kier alpha value is -1.39. The summed E-state index contributed by atoms with van der Waals surface area (Å²) in [6, 6.07) is 0. The van der Waals surface area contributed by atoms with E-state index in [1.165, 1.54) is 0 Å². The van der Waals surface area contributed by atoms with Crippen molar-refractivity contribution in [1.82, 2.24) is 20.3 Å². The third kappa shape index (κ3) is 2.16. The first-order valence-electron chi connectivity index (χ1n) is 5.06. The van der Waals surface area contributed by atoms with Crippen molar-refractivity contribution in [3.8, 4) is 0 Å². The molecular weight excluding hydrogens is 192 g/mol. The quantitative estimate of drug-likeness (QED) is 0.795. The van der Waals surface area contributed by atoms with Gasteiger partial charge in [-0.2, -0.15) is 0 Å². The molecule has 0 fully saturated rings. The Morgan fingerprint density at radius 1 is 1.47 bits per heavy atom. The molecular formula is C10H18N4O. The van der Waals surface area contributed by atoms with Crippen LogP contribution in [0, 0.1) is 12.8 Å². The fourth-order valence-corrected chi connectivity index (χ4v) is 1.53. The van der Waals surface area contributed by atoms with Gasteiger partial charge in [-0.15, -0.1) is 5.10 Å². The molecule has 1 heterocycles. The van der Waals surface area contributed by atoms with Crippen molar-refractivity contribution in [3.05, 3.63) is 11.4 Å². The van der Waals surface area contributed by atoms with Gasteiger partial charge in [-0.3, -0.25) is 9.48 Å². The zero-order chi connectivity index (χ0) is 11.6. The Kier molecular flexibility index (Phi) is 3.44. The summed E-state index contributed by atoms with van der Waals surface area (Å²) in [5, 5.41) is 10.7. The number of aryl methyl sites for hydroxylation is 1. The molecule has 0 saturated heterocycles. The van der Waals surface area contributed by atoms with Crippen LogP contribution in [-0.2, 0) is 11.8 Å². The maximum Gasteiger partial charge on any atom is 0.223 e. The molecule has 0 saturated carbocycles. The molecule has 1 aromatic rings. The van der Waals surface area contributed by atoms with Crippen LogP contribution in [0.1, 0.15) is 31.2 Å². The highest BCUT2D eigenvalue weighted by Gasteiger charge is 2.24. The standard InChI is InChI=1S/C10H18N4O/c1-6(7(2)10(15)11-4)9-8(3)14(5)13-12-9/h6-7H,1-5H3,(H,11,15). The third-order valence-corrected chi connectivity index (χ3v) is 2.98. The fourth-order valence-electron chi connectivity index (χ4n) is 1.53. The molecule has 0 bridgehead atoms. The molecule has 1 amide bonds. The van der Waals surface area contributed by atoms with Gasteiger partial charge in [0.05, 0.1) is 11.4 Å². The van der Waals surface area contributed by atoms with Crippen LogP contribution in [0.4, 0.5) is 0 Å². The van der Waals surface area contributed by atoms with E-state index in [9.17, 15) is 4.79 Å². The number of amides is 1. The molecule has 0 aromatic carbocycles. The molecule has 1 aromatic heterocycles. The van der Waals surface area contributed by atoms with Crippen molar-refractivity contribution in [1.29, 1.82) is 0 Å². The highest BCUT2D eigenvalue weighted by molar-refractivity contribution is 5.78. The Morgan fingerprint density at radius 3 is 2.47 bits per heavy atom. The fraction of sp³-hybridized carbons (Fsp3) is 0.700. The summed E-state index contributed by atoms with van der Waals surface area (Å²) in [4.78, 5) is 11.5. The highest BCUT2D eigenvalue weighted by Crippen LogP contribution is 2.24. The van der Waals surface area contributed by atoms with E-state index in [2.05, 4.69) is 15.6 Å². The van der Waals surface area contributed by atoms with Crippen LogP contribution in [-0.4, -0.2) is 27.9 Å². The van der Waals surface area contributed by atoms with Crippen molar-refractivity contribution < 1.29 is 4.79 Å². The van der Waals surface area contributed by atoms with Gasteiger partial charge in [-0.1, -0.05) is 19.1 Å². The Balaban J connectivity index is 2.89. The lowest BCUT2D eigenvalue weighted by molar-refractivity contribution is -0.124.